The van der Waals surface area contributed by atoms with E-state index in [9.17, 15) is 0 Å². The quantitative estimate of drug-likeness (QED) is 0.787. The summed E-state index contributed by atoms with van der Waals surface area (Å²) in [5.74, 6) is 3.50. The average molecular weight is 284 g/mol. The number of rotatable bonds is 2. The van der Waals surface area contributed by atoms with Crippen LogP contribution in [0, 0.1) is 16.7 Å². The van der Waals surface area contributed by atoms with E-state index in [2.05, 4.69) is 51.7 Å². The van der Waals surface area contributed by atoms with Gasteiger partial charge in [-0.3, -0.25) is 0 Å². The van der Waals surface area contributed by atoms with Gasteiger partial charge < -0.3 is 5.32 Å². The van der Waals surface area contributed by atoms with Crippen LogP contribution in [0.2, 0.25) is 0 Å². The molecule has 0 amide bonds. The summed E-state index contributed by atoms with van der Waals surface area (Å²) in [5, 5.41) is 4.08. The second-order valence-electron chi connectivity index (χ2n) is 8.40. The maximum absolute atomic E-state index is 4.08. The third-order valence-electron chi connectivity index (χ3n) is 5.41. The van der Waals surface area contributed by atoms with E-state index in [1.165, 1.54) is 43.6 Å². The first kappa shape index (κ1) is 15.7. The van der Waals surface area contributed by atoms with Gasteiger partial charge in [0.05, 0.1) is 0 Å². The number of thioether (sulfide) groups is 1. The fraction of sp³-hybridized carbons (Fsp3) is 1.00. The van der Waals surface area contributed by atoms with Crippen molar-refractivity contribution in [3.63, 3.8) is 0 Å². The van der Waals surface area contributed by atoms with Gasteiger partial charge in [-0.1, -0.05) is 47.5 Å². The van der Waals surface area contributed by atoms with Crippen LogP contribution >= 0.6 is 11.8 Å². The van der Waals surface area contributed by atoms with Crippen molar-refractivity contribution in [2.75, 3.05) is 11.5 Å². The van der Waals surface area contributed by atoms with Crippen molar-refractivity contribution in [1.82, 2.24) is 5.32 Å². The predicted octanol–water partition coefficient (Wildman–Crippen LogP) is 4.71. The van der Waals surface area contributed by atoms with Crippen LogP contribution in [0.5, 0.6) is 0 Å². The minimum Gasteiger partial charge on any atom is -0.310 e. The van der Waals surface area contributed by atoms with E-state index in [4.69, 9.17) is 0 Å². The van der Waals surface area contributed by atoms with Gasteiger partial charge in [-0.2, -0.15) is 11.8 Å². The van der Waals surface area contributed by atoms with Gasteiger partial charge in [0, 0.05) is 17.8 Å². The average Bonchev–Trinajstić information content (AvgIpc) is 2.31. The molecule has 0 spiro atoms. The molecule has 1 saturated heterocycles. The molecule has 0 aromatic rings. The molecule has 1 aliphatic heterocycles. The standard InChI is InChI=1S/C17H33NS/c1-16(2,3)13-8-6-7-9-14(13)18-15-12-19-11-10-17(15,4)5/h13-15,18H,6-12H2,1-5H3. The van der Waals surface area contributed by atoms with E-state index in [0.717, 1.165) is 12.0 Å². The van der Waals surface area contributed by atoms with Crippen LogP contribution < -0.4 is 5.32 Å². The summed E-state index contributed by atoms with van der Waals surface area (Å²) in [6.07, 6.45) is 7.02. The van der Waals surface area contributed by atoms with Crippen LogP contribution in [0.1, 0.15) is 66.7 Å². The molecule has 0 bridgehead atoms. The van der Waals surface area contributed by atoms with Crippen LogP contribution in [-0.4, -0.2) is 23.6 Å². The van der Waals surface area contributed by atoms with Crippen LogP contribution in [0.3, 0.4) is 0 Å². The lowest BCUT2D eigenvalue weighted by Gasteiger charge is -2.46. The van der Waals surface area contributed by atoms with Gasteiger partial charge in [-0.15, -0.1) is 0 Å². The Hall–Kier alpha value is 0.310. The summed E-state index contributed by atoms with van der Waals surface area (Å²) in [6.45, 7) is 12.2. The number of hydrogen-bond acceptors (Lipinski definition) is 2. The lowest BCUT2D eigenvalue weighted by molar-refractivity contribution is 0.104. The van der Waals surface area contributed by atoms with Gasteiger partial charge in [-0.25, -0.2) is 0 Å². The Labute approximate surface area is 124 Å². The molecule has 3 unspecified atom stereocenters. The topological polar surface area (TPSA) is 12.0 Å². The Kier molecular flexibility index (Phi) is 4.93. The normalized spacial score (nSPS) is 36.2. The van der Waals surface area contributed by atoms with Crippen molar-refractivity contribution in [2.24, 2.45) is 16.7 Å². The highest BCUT2D eigenvalue weighted by Gasteiger charge is 2.39. The van der Waals surface area contributed by atoms with E-state index in [1.54, 1.807) is 0 Å². The lowest BCUT2D eigenvalue weighted by Crippen LogP contribution is -2.55. The lowest BCUT2D eigenvalue weighted by atomic mass is 9.69. The van der Waals surface area contributed by atoms with E-state index in [-0.39, 0.29) is 0 Å². The first-order chi connectivity index (χ1) is 8.81. The second-order valence-corrected chi connectivity index (χ2v) is 9.55. The third-order valence-corrected chi connectivity index (χ3v) is 6.47. The molecule has 0 radical (unpaired) electrons. The van der Waals surface area contributed by atoms with Crippen molar-refractivity contribution in [3.05, 3.63) is 0 Å². The zero-order chi connectivity index (χ0) is 14.1. The van der Waals surface area contributed by atoms with Gasteiger partial charge in [0.15, 0.2) is 0 Å². The third kappa shape index (κ3) is 3.91. The molecule has 19 heavy (non-hydrogen) atoms. The zero-order valence-corrected chi connectivity index (χ0v) is 14.4. The molecule has 3 atom stereocenters. The molecule has 1 heterocycles. The first-order valence-electron chi connectivity index (χ1n) is 8.14. The summed E-state index contributed by atoms with van der Waals surface area (Å²) in [5.41, 5.74) is 0.926. The zero-order valence-electron chi connectivity index (χ0n) is 13.6. The van der Waals surface area contributed by atoms with Gasteiger partial charge in [0.25, 0.3) is 0 Å². The minimum absolute atomic E-state index is 0.448. The van der Waals surface area contributed by atoms with E-state index >= 15 is 0 Å². The minimum atomic E-state index is 0.448. The molecule has 1 nitrogen and oxygen atoms in total. The molecular formula is C17H33NS. The van der Waals surface area contributed by atoms with E-state index < -0.39 is 0 Å². The first-order valence-corrected chi connectivity index (χ1v) is 9.30. The molecule has 1 aliphatic carbocycles. The largest absolute Gasteiger partial charge is 0.310 e. The molecule has 2 rings (SSSR count). The Bertz CT molecular complexity index is 292. The second kappa shape index (κ2) is 5.97. The van der Waals surface area contributed by atoms with Gasteiger partial charge in [0.1, 0.15) is 0 Å². The smallest absolute Gasteiger partial charge is 0.0212 e. The van der Waals surface area contributed by atoms with Gasteiger partial charge >= 0.3 is 0 Å². The molecule has 1 N–H and O–H groups in total. The highest BCUT2D eigenvalue weighted by Crippen LogP contribution is 2.40. The fourth-order valence-corrected chi connectivity index (χ4v) is 5.46. The van der Waals surface area contributed by atoms with Crippen LogP contribution in [0.25, 0.3) is 0 Å². The molecule has 2 aliphatic rings. The summed E-state index contributed by atoms with van der Waals surface area (Å²) >= 11 is 2.14. The maximum atomic E-state index is 4.08. The molecule has 1 saturated carbocycles. The van der Waals surface area contributed by atoms with E-state index in [0.29, 0.717) is 16.9 Å². The Morgan fingerprint density at radius 1 is 1.11 bits per heavy atom. The Morgan fingerprint density at radius 2 is 1.79 bits per heavy atom. The Balaban J connectivity index is 2.03. The summed E-state index contributed by atoms with van der Waals surface area (Å²) in [4.78, 5) is 0. The molecule has 2 fully saturated rings. The van der Waals surface area contributed by atoms with Crippen LogP contribution in [0.4, 0.5) is 0 Å². The summed E-state index contributed by atoms with van der Waals surface area (Å²) in [7, 11) is 0. The number of hydrogen-bond donors (Lipinski definition) is 1. The predicted molar refractivity (Wildman–Crippen MR) is 87.8 cm³/mol. The number of nitrogens with one attached hydrogen (secondary N) is 1. The fourth-order valence-electron chi connectivity index (χ4n) is 3.84. The van der Waals surface area contributed by atoms with Gasteiger partial charge in [0.2, 0.25) is 0 Å². The van der Waals surface area contributed by atoms with Crippen molar-refractivity contribution >= 4 is 11.8 Å². The molecular weight excluding hydrogens is 250 g/mol. The maximum Gasteiger partial charge on any atom is 0.0212 e. The van der Waals surface area contributed by atoms with Gasteiger partial charge in [-0.05, 0) is 41.8 Å². The molecule has 2 heteroatoms. The Morgan fingerprint density at radius 3 is 2.42 bits per heavy atom. The van der Waals surface area contributed by atoms with Crippen molar-refractivity contribution < 1.29 is 0 Å². The summed E-state index contributed by atoms with van der Waals surface area (Å²) < 4.78 is 0. The van der Waals surface area contributed by atoms with Crippen molar-refractivity contribution in [2.45, 2.75) is 78.8 Å². The molecule has 112 valence electrons. The van der Waals surface area contributed by atoms with Crippen molar-refractivity contribution in [3.8, 4) is 0 Å². The summed E-state index contributed by atoms with van der Waals surface area (Å²) in [6, 6.07) is 1.45. The van der Waals surface area contributed by atoms with Crippen LogP contribution in [-0.2, 0) is 0 Å². The highest BCUT2D eigenvalue weighted by molar-refractivity contribution is 7.99. The molecule has 0 aromatic heterocycles. The van der Waals surface area contributed by atoms with Crippen LogP contribution in [0.15, 0.2) is 0 Å². The molecule has 0 aromatic carbocycles. The SMILES string of the molecule is CC(C)(C)C1CCCCC1NC1CSCCC1(C)C. The van der Waals surface area contributed by atoms with E-state index in [1.807, 2.05) is 0 Å². The highest BCUT2D eigenvalue weighted by atomic mass is 32.2. The monoisotopic (exact) mass is 283 g/mol. The van der Waals surface area contributed by atoms with Crippen molar-refractivity contribution in [1.29, 1.82) is 0 Å².